The van der Waals surface area contributed by atoms with Crippen LogP contribution in [0.5, 0.6) is 11.5 Å². The van der Waals surface area contributed by atoms with Gasteiger partial charge < -0.3 is 31.5 Å². The van der Waals surface area contributed by atoms with Crippen molar-refractivity contribution in [3.05, 3.63) is 119 Å². The van der Waals surface area contributed by atoms with Crippen LogP contribution in [0, 0.1) is 0 Å². The van der Waals surface area contributed by atoms with Gasteiger partial charge in [0.2, 0.25) is 5.91 Å². The van der Waals surface area contributed by atoms with Crippen LogP contribution >= 0.6 is 0 Å². The number of hydrogen-bond acceptors (Lipinski definition) is 6. The van der Waals surface area contributed by atoms with Crippen LogP contribution in [0.1, 0.15) is 27.0 Å². The number of phenols is 1. The fourth-order valence-corrected chi connectivity index (χ4v) is 4.80. The monoisotopic (exact) mass is 566 g/mol. The summed E-state index contributed by atoms with van der Waals surface area (Å²) in [7, 11) is 1.63. The number of aromatic hydroxyl groups is 1. The van der Waals surface area contributed by atoms with E-state index in [1.165, 1.54) is 0 Å². The molecule has 4 aromatic rings. The molecule has 2 amide bonds. The van der Waals surface area contributed by atoms with Crippen molar-refractivity contribution < 1.29 is 19.4 Å². The minimum atomic E-state index is -0.749. The van der Waals surface area contributed by atoms with Gasteiger partial charge in [0, 0.05) is 31.7 Å². The Morgan fingerprint density at radius 2 is 1.62 bits per heavy atom. The van der Waals surface area contributed by atoms with E-state index in [0.29, 0.717) is 44.6 Å². The second-order valence-electron chi connectivity index (χ2n) is 10.1. The highest BCUT2D eigenvalue weighted by Crippen LogP contribution is 2.25. The number of phenolic OH excluding ortho intramolecular Hbond substituents is 1. The summed E-state index contributed by atoms with van der Waals surface area (Å²) in [6.45, 7) is 1.58. The third-order valence-electron chi connectivity index (χ3n) is 7.06. The summed E-state index contributed by atoms with van der Waals surface area (Å²) in [6, 6.07) is 29.1. The van der Waals surface area contributed by atoms with Gasteiger partial charge in [-0.25, -0.2) is 0 Å². The fourth-order valence-electron chi connectivity index (χ4n) is 4.80. The summed E-state index contributed by atoms with van der Waals surface area (Å²) in [6.07, 6.45) is 0.995. The van der Waals surface area contributed by atoms with Crippen molar-refractivity contribution in [3.63, 3.8) is 0 Å². The average Bonchev–Trinajstić information content (AvgIpc) is 3.03. The second kappa shape index (κ2) is 14.8. The van der Waals surface area contributed by atoms with Crippen LogP contribution in [0.4, 0.5) is 0 Å². The van der Waals surface area contributed by atoms with E-state index in [1.54, 1.807) is 42.3 Å². The zero-order chi connectivity index (χ0) is 29.9. The third-order valence-corrected chi connectivity index (χ3v) is 7.06. The number of amides is 2. The molecule has 8 nitrogen and oxygen atoms in total. The van der Waals surface area contributed by atoms with Crippen molar-refractivity contribution in [1.29, 1.82) is 0 Å². The number of methoxy groups -OCH3 is 1. The smallest absolute Gasteiger partial charge is 0.251 e. The number of benzene rings is 4. The normalized spacial score (nSPS) is 11.5. The molecule has 1 unspecified atom stereocenters. The lowest BCUT2D eigenvalue weighted by Crippen LogP contribution is -2.45. The van der Waals surface area contributed by atoms with Crippen LogP contribution in [-0.2, 0) is 24.2 Å². The molecule has 0 aliphatic rings. The molecule has 8 heteroatoms. The molecule has 4 rings (SSSR count). The standard InChI is InChI=1S/C34H38N4O4/c1-42-29-15-11-24(12-16-29)17-20-38(34(41)32(36)22-25-9-13-28(39)14-10-25)23-26-5-4-6-27(21-26)30-7-2-3-8-31(30)33(40)37-19-18-35/h2-16,21,32,39H,17-20,22-23,35-36H2,1H3,(H,37,40). The Bertz CT molecular complexity index is 1470. The molecular weight excluding hydrogens is 528 g/mol. The first-order chi connectivity index (χ1) is 20.4. The van der Waals surface area contributed by atoms with Gasteiger partial charge >= 0.3 is 0 Å². The van der Waals surface area contributed by atoms with Crippen LogP contribution < -0.4 is 21.5 Å². The van der Waals surface area contributed by atoms with Gasteiger partial charge in [0.25, 0.3) is 5.91 Å². The first-order valence-corrected chi connectivity index (χ1v) is 14.0. The van der Waals surface area contributed by atoms with E-state index in [2.05, 4.69) is 5.32 Å². The van der Waals surface area contributed by atoms with E-state index in [0.717, 1.165) is 33.6 Å². The fraction of sp³-hybridized carbons (Fsp3) is 0.235. The van der Waals surface area contributed by atoms with Gasteiger partial charge in [-0.15, -0.1) is 0 Å². The van der Waals surface area contributed by atoms with Crippen molar-refractivity contribution in [2.45, 2.75) is 25.4 Å². The van der Waals surface area contributed by atoms with E-state index in [9.17, 15) is 14.7 Å². The summed E-state index contributed by atoms with van der Waals surface area (Å²) < 4.78 is 5.27. The molecule has 6 N–H and O–H groups in total. The first kappa shape index (κ1) is 30.3. The molecule has 0 radical (unpaired) electrons. The highest BCUT2D eigenvalue weighted by Gasteiger charge is 2.22. The predicted molar refractivity (Wildman–Crippen MR) is 165 cm³/mol. The van der Waals surface area contributed by atoms with E-state index in [4.69, 9.17) is 16.2 Å². The third kappa shape index (κ3) is 8.19. The highest BCUT2D eigenvalue weighted by atomic mass is 16.5. The molecule has 0 aliphatic carbocycles. The summed E-state index contributed by atoms with van der Waals surface area (Å²) in [4.78, 5) is 28.3. The van der Waals surface area contributed by atoms with Crippen molar-refractivity contribution in [2.24, 2.45) is 11.5 Å². The van der Waals surface area contributed by atoms with Gasteiger partial charge in [-0.3, -0.25) is 9.59 Å². The molecule has 1 atom stereocenters. The Labute approximate surface area is 246 Å². The van der Waals surface area contributed by atoms with Crippen LogP contribution in [0.2, 0.25) is 0 Å². The Morgan fingerprint density at radius 3 is 2.33 bits per heavy atom. The lowest BCUT2D eigenvalue weighted by atomic mass is 9.97. The minimum Gasteiger partial charge on any atom is -0.508 e. The predicted octanol–water partition coefficient (Wildman–Crippen LogP) is 3.90. The highest BCUT2D eigenvalue weighted by molar-refractivity contribution is 6.00. The summed E-state index contributed by atoms with van der Waals surface area (Å²) >= 11 is 0. The topological polar surface area (TPSA) is 131 Å². The maximum absolute atomic E-state index is 13.7. The Morgan fingerprint density at radius 1 is 0.905 bits per heavy atom. The number of hydrogen-bond donors (Lipinski definition) is 4. The summed E-state index contributed by atoms with van der Waals surface area (Å²) in [5, 5.41) is 12.5. The lowest BCUT2D eigenvalue weighted by Gasteiger charge is -2.26. The molecular formula is C34H38N4O4. The molecule has 42 heavy (non-hydrogen) atoms. The number of rotatable bonds is 13. The van der Waals surface area contributed by atoms with Crippen LogP contribution in [-0.4, -0.2) is 54.6 Å². The van der Waals surface area contributed by atoms with Gasteiger partial charge in [0.05, 0.1) is 13.2 Å². The first-order valence-electron chi connectivity index (χ1n) is 14.0. The van der Waals surface area contributed by atoms with Crippen LogP contribution in [0.25, 0.3) is 11.1 Å². The Balaban J connectivity index is 1.57. The molecule has 0 aromatic heterocycles. The lowest BCUT2D eigenvalue weighted by molar-refractivity contribution is -0.133. The Kier molecular flexibility index (Phi) is 10.7. The van der Waals surface area contributed by atoms with Crippen LogP contribution in [0.3, 0.4) is 0 Å². The van der Waals surface area contributed by atoms with Crippen LogP contribution in [0.15, 0.2) is 97.1 Å². The SMILES string of the molecule is COc1ccc(CCN(Cc2cccc(-c3ccccc3C(=O)NCCN)c2)C(=O)C(N)Cc2ccc(O)cc2)cc1. The van der Waals surface area contributed by atoms with Crippen molar-refractivity contribution in [1.82, 2.24) is 10.2 Å². The molecule has 0 aliphatic heterocycles. The van der Waals surface area contributed by atoms with Gasteiger partial charge in [-0.05, 0) is 77.1 Å². The summed E-state index contributed by atoms with van der Waals surface area (Å²) in [5.74, 6) is 0.594. The molecule has 0 fully saturated rings. The van der Waals surface area contributed by atoms with Crippen molar-refractivity contribution >= 4 is 11.8 Å². The average molecular weight is 567 g/mol. The molecule has 0 saturated heterocycles. The molecule has 0 bridgehead atoms. The molecule has 218 valence electrons. The van der Waals surface area contributed by atoms with Crippen molar-refractivity contribution in [3.8, 4) is 22.6 Å². The van der Waals surface area contributed by atoms with E-state index >= 15 is 0 Å². The molecule has 0 heterocycles. The van der Waals surface area contributed by atoms with Gasteiger partial charge in [-0.1, -0.05) is 60.7 Å². The van der Waals surface area contributed by atoms with Gasteiger partial charge in [0.1, 0.15) is 11.5 Å². The van der Waals surface area contributed by atoms with Gasteiger partial charge in [0.15, 0.2) is 0 Å². The van der Waals surface area contributed by atoms with E-state index < -0.39 is 6.04 Å². The Hall–Kier alpha value is -4.66. The van der Waals surface area contributed by atoms with E-state index in [-0.39, 0.29) is 17.6 Å². The number of carbonyl (C=O) groups is 2. The zero-order valence-corrected chi connectivity index (χ0v) is 23.8. The second-order valence-corrected chi connectivity index (χ2v) is 10.1. The quantitative estimate of drug-likeness (QED) is 0.194. The number of carbonyl (C=O) groups excluding carboxylic acids is 2. The summed E-state index contributed by atoms with van der Waals surface area (Å²) in [5.41, 5.74) is 17.1. The number of nitrogens with one attached hydrogen (secondary N) is 1. The number of nitrogens with zero attached hydrogens (tertiary/aromatic N) is 1. The maximum Gasteiger partial charge on any atom is 0.251 e. The minimum absolute atomic E-state index is 0.163. The molecule has 0 saturated carbocycles. The van der Waals surface area contributed by atoms with Gasteiger partial charge in [-0.2, -0.15) is 0 Å². The van der Waals surface area contributed by atoms with Crippen molar-refractivity contribution in [2.75, 3.05) is 26.7 Å². The maximum atomic E-state index is 13.7. The largest absolute Gasteiger partial charge is 0.508 e. The number of ether oxygens (including phenoxy) is 1. The van der Waals surface area contributed by atoms with E-state index in [1.807, 2.05) is 66.7 Å². The zero-order valence-electron chi connectivity index (χ0n) is 23.8. The number of nitrogens with two attached hydrogens (primary N) is 2. The molecule has 0 spiro atoms. The molecule has 4 aromatic carbocycles.